The summed E-state index contributed by atoms with van der Waals surface area (Å²) in [5, 5.41) is 0.158. The molecule has 0 aliphatic carbocycles. The van der Waals surface area contributed by atoms with E-state index in [1.165, 1.54) is 33.4 Å². The number of benzene rings is 1. The summed E-state index contributed by atoms with van der Waals surface area (Å²) in [6.45, 7) is 28.8. The van der Waals surface area contributed by atoms with Gasteiger partial charge in [0.1, 0.15) is 0 Å². The molecule has 4 heteroatoms. The molecule has 0 aliphatic heterocycles. The second kappa shape index (κ2) is 9.75. The number of hydrogen-bond acceptors (Lipinski definition) is 0. The molecule has 1 unspecified atom stereocenters. The fourth-order valence-corrected chi connectivity index (χ4v) is 9.84. The molecule has 3 aromatic rings. The van der Waals surface area contributed by atoms with E-state index in [1.54, 1.807) is 0 Å². The minimum atomic E-state index is -0.345. The van der Waals surface area contributed by atoms with Crippen LogP contribution in [0.2, 0.25) is 0 Å². The molecule has 2 heterocycles. The van der Waals surface area contributed by atoms with E-state index >= 15 is 0 Å². The third-order valence-corrected chi connectivity index (χ3v) is 12.2. The van der Waals surface area contributed by atoms with Gasteiger partial charge >= 0.3 is 0 Å². The summed E-state index contributed by atoms with van der Waals surface area (Å²) < 4.78 is 0. The lowest BCUT2D eigenvalue weighted by Crippen LogP contribution is -2.30. The van der Waals surface area contributed by atoms with Crippen LogP contribution in [0.5, 0.6) is 0 Å². The standard InChI is InChI=1S/C32H50N2P2/c1-28(2,3)26-17-22(21-36(30(7,8)9)31(10,11)12)25(18-27(26)29(4,5)6)32(35,23-13-15-33-19-23)24-14-16-34-20-24/h13-20,33-34H,21,35H2,1-12H3. The maximum absolute atomic E-state index is 3.34. The van der Waals surface area contributed by atoms with Crippen molar-refractivity contribution in [2.75, 3.05) is 0 Å². The molecule has 0 aliphatic rings. The number of aromatic nitrogens is 2. The molecular formula is C32H50N2P2. The molecule has 0 fully saturated rings. The molecule has 36 heavy (non-hydrogen) atoms. The Hall–Kier alpha value is -1.36. The summed E-state index contributed by atoms with van der Waals surface area (Å²) in [5.74, 6) is 0. The zero-order valence-electron chi connectivity index (χ0n) is 24.9. The predicted molar refractivity (Wildman–Crippen MR) is 165 cm³/mol. The fourth-order valence-electron chi connectivity index (χ4n) is 5.65. The first-order valence-electron chi connectivity index (χ1n) is 13.3. The van der Waals surface area contributed by atoms with E-state index in [0.29, 0.717) is 0 Å². The van der Waals surface area contributed by atoms with Crippen molar-refractivity contribution in [1.29, 1.82) is 0 Å². The van der Waals surface area contributed by atoms with Crippen LogP contribution >= 0.6 is 17.2 Å². The molecule has 2 N–H and O–H groups in total. The van der Waals surface area contributed by atoms with E-state index < -0.39 is 0 Å². The Morgan fingerprint density at radius 1 is 0.639 bits per heavy atom. The molecule has 1 atom stereocenters. The summed E-state index contributed by atoms with van der Waals surface area (Å²) >= 11 is 0. The van der Waals surface area contributed by atoms with Crippen molar-refractivity contribution in [3.8, 4) is 0 Å². The lowest BCUT2D eigenvalue weighted by Gasteiger charge is -2.44. The molecule has 0 spiro atoms. The Labute approximate surface area is 224 Å². The lowest BCUT2D eigenvalue weighted by molar-refractivity contribution is 0.528. The van der Waals surface area contributed by atoms with Crippen molar-refractivity contribution in [1.82, 2.24) is 9.97 Å². The molecule has 3 rings (SSSR count). The monoisotopic (exact) mass is 524 g/mol. The minimum absolute atomic E-state index is 0.0382. The van der Waals surface area contributed by atoms with Gasteiger partial charge in [-0.3, -0.25) is 0 Å². The van der Waals surface area contributed by atoms with Gasteiger partial charge in [-0.1, -0.05) is 103 Å². The normalized spacial score (nSPS) is 14.1. The molecule has 0 saturated heterocycles. The molecule has 1 aromatic carbocycles. The van der Waals surface area contributed by atoms with E-state index in [4.69, 9.17) is 0 Å². The summed E-state index contributed by atoms with van der Waals surface area (Å²) in [6.07, 6.45) is 9.52. The van der Waals surface area contributed by atoms with Gasteiger partial charge in [0, 0.05) is 24.8 Å². The van der Waals surface area contributed by atoms with Crippen LogP contribution < -0.4 is 0 Å². The molecular weight excluding hydrogens is 474 g/mol. The largest absolute Gasteiger partial charge is 0.367 e. The lowest BCUT2D eigenvalue weighted by atomic mass is 9.71. The average molecular weight is 525 g/mol. The van der Waals surface area contributed by atoms with Crippen LogP contribution in [0.1, 0.15) is 116 Å². The first kappa shape index (κ1) is 29.2. The van der Waals surface area contributed by atoms with Gasteiger partial charge in [-0.2, -0.15) is 0 Å². The summed E-state index contributed by atoms with van der Waals surface area (Å²) in [4.78, 5) is 6.67. The Morgan fingerprint density at radius 2 is 1.06 bits per heavy atom. The first-order valence-corrected chi connectivity index (χ1v) is 15.4. The van der Waals surface area contributed by atoms with Crippen LogP contribution in [0, 0.1) is 0 Å². The highest BCUT2D eigenvalue weighted by Gasteiger charge is 2.40. The van der Waals surface area contributed by atoms with Gasteiger partial charge in [-0.05, 0) is 72.8 Å². The highest BCUT2D eigenvalue weighted by Crippen LogP contribution is 2.62. The van der Waals surface area contributed by atoms with Crippen LogP contribution in [0.3, 0.4) is 0 Å². The van der Waals surface area contributed by atoms with Crippen molar-refractivity contribution in [3.63, 3.8) is 0 Å². The number of nitrogens with one attached hydrogen (secondary N) is 2. The van der Waals surface area contributed by atoms with Gasteiger partial charge in [-0.15, -0.1) is 9.24 Å². The van der Waals surface area contributed by atoms with Gasteiger partial charge in [-0.25, -0.2) is 0 Å². The first-order chi connectivity index (χ1) is 16.3. The van der Waals surface area contributed by atoms with Crippen LogP contribution in [-0.4, -0.2) is 20.3 Å². The van der Waals surface area contributed by atoms with E-state index in [0.717, 1.165) is 6.16 Å². The van der Waals surface area contributed by atoms with Gasteiger partial charge in [0.05, 0.1) is 5.16 Å². The third-order valence-electron chi connectivity index (χ3n) is 7.34. The summed E-state index contributed by atoms with van der Waals surface area (Å²) in [7, 11) is 2.97. The van der Waals surface area contributed by atoms with E-state index in [9.17, 15) is 0 Å². The van der Waals surface area contributed by atoms with Crippen molar-refractivity contribution < 1.29 is 0 Å². The highest BCUT2D eigenvalue weighted by atomic mass is 31.1. The van der Waals surface area contributed by atoms with Crippen LogP contribution in [-0.2, 0) is 22.1 Å². The van der Waals surface area contributed by atoms with Gasteiger partial charge in [0.15, 0.2) is 0 Å². The second-order valence-corrected chi connectivity index (χ2v) is 19.2. The number of hydrogen-bond donors (Lipinski definition) is 2. The fraction of sp³-hybridized carbons (Fsp3) is 0.562. The number of rotatable bonds is 5. The van der Waals surface area contributed by atoms with Gasteiger partial charge < -0.3 is 9.97 Å². The SMILES string of the molecule is CC(C)(C)c1cc(CP(C(C)(C)C)C(C)(C)C)c(C(P)(c2cc[nH]c2)c2cc[nH]c2)cc1C(C)(C)C. The van der Waals surface area contributed by atoms with Crippen molar-refractivity contribution in [2.24, 2.45) is 0 Å². The van der Waals surface area contributed by atoms with Crippen molar-refractivity contribution in [3.05, 3.63) is 82.4 Å². The number of H-pyrrole nitrogens is 2. The van der Waals surface area contributed by atoms with E-state index in [2.05, 4.69) is 139 Å². The topological polar surface area (TPSA) is 31.6 Å². The van der Waals surface area contributed by atoms with Crippen LogP contribution in [0.15, 0.2) is 49.1 Å². The molecule has 0 amide bonds. The van der Waals surface area contributed by atoms with Crippen molar-refractivity contribution in [2.45, 2.75) is 116 Å². The average Bonchev–Trinajstić information content (AvgIpc) is 3.42. The highest BCUT2D eigenvalue weighted by molar-refractivity contribution is 7.60. The van der Waals surface area contributed by atoms with Crippen LogP contribution in [0.4, 0.5) is 0 Å². The smallest absolute Gasteiger partial charge is 0.0623 e. The van der Waals surface area contributed by atoms with Gasteiger partial charge in [0.25, 0.3) is 0 Å². The van der Waals surface area contributed by atoms with E-state index in [-0.39, 0.29) is 34.2 Å². The third kappa shape index (κ3) is 5.87. The van der Waals surface area contributed by atoms with Crippen LogP contribution in [0.25, 0.3) is 0 Å². The molecule has 198 valence electrons. The molecule has 0 bridgehead atoms. The Bertz CT molecular complexity index is 1090. The summed E-state index contributed by atoms with van der Waals surface area (Å²) in [5.41, 5.74) is 8.46. The van der Waals surface area contributed by atoms with Gasteiger partial charge in [0.2, 0.25) is 0 Å². The van der Waals surface area contributed by atoms with E-state index in [1.807, 2.05) is 12.4 Å². The minimum Gasteiger partial charge on any atom is -0.367 e. The Morgan fingerprint density at radius 3 is 1.39 bits per heavy atom. The molecule has 2 nitrogen and oxygen atoms in total. The molecule has 0 radical (unpaired) electrons. The Balaban J connectivity index is 2.45. The summed E-state index contributed by atoms with van der Waals surface area (Å²) in [6, 6.07) is 9.60. The zero-order chi connectivity index (χ0) is 27.3. The second-order valence-electron chi connectivity index (χ2n) is 14.5. The maximum Gasteiger partial charge on any atom is 0.0623 e. The quantitative estimate of drug-likeness (QED) is 0.311. The Kier molecular flexibility index (Phi) is 7.91. The molecule has 0 saturated carbocycles. The molecule has 2 aromatic heterocycles. The predicted octanol–water partition coefficient (Wildman–Crippen LogP) is 9.68. The van der Waals surface area contributed by atoms with Crippen molar-refractivity contribution >= 4 is 17.2 Å². The zero-order valence-corrected chi connectivity index (χ0v) is 26.9. The number of aromatic amines is 2. The maximum atomic E-state index is 3.34.